The van der Waals surface area contributed by atoms with Crippen molar-refractivity contribution in [2.24, 2.45) is 22.7 Å². The topological polar surface area (TPSA) is 60.7 Å². The van der Waals surface area contributed by atoms with Crippen LogP contribution in [0.3, 0.4) is 0 Å². The van der Waals surface area contributed by atoms with Gasteiger partial charge in [-0.1, -0.05) is 50.6 Å². The molecule has 0 radical (unpaired) electrons. The molecule has 0 amide bonds. The summed E-state index contributed by atoms with van der Waals surface area (Å²) in [5, 5.41) is 30.0. The third-order valence-corrected chi connectivity index (χ3v) is 10.4. The monoisotopic (exact) mass is 624 g/mol. The number of halogens is 7. The van der Waals surface area contributed by atoms with Crippen LogP contribution in [0.4, 0.5) is 30.7 Å². The van der Waals surface area contributed by atoms with Crippen molar-refractivity contribution in [2.45, 2.75) is 134 Å². The van der Waals surface area contributed by atoms with Gasteiger partial charge in [-0.3, -0.25) is 0 Å². The van der Waals surface area contributed by atoms with Gasteiger partial charge in [0.05, 0.1) is 11.7 Å². The molecule has 6 atom stereocenters. The zero-order valence-electron chi connectivity index (χ0n) is 25.6. The maximum atomic E-state index is 14.3. The second kappa shape index (κ2) is 12.6. The minimum Gasteiger partial charge on any atom is -0.393 e. The van der Waals surface area contributed by atoms with Crippen molar-refractivity contribution < 1.29 is 46.1 Å². The molecule has 3 rings (SSSR count). The molecule has 0 spiro atoms. The van der Waals surface area contributed by atoms with Gasteiger partial charge in [-0.2, -0.15) is 26.3 Å². The molecule has 0 heterocycles. The van der Waals surface area contributed by atoms with Crippen LogP contribution in [0.15, 0.2) is 47.6 Å². The number of allylic oxidation sites excluding steroid dienone is 5. The molecule has 246 valence electrons. The van der Waals surface area contributed by atoms with Crippen LogP contribution >= 0.6 is 0 Å². The highest BCUT2D eigenvalue weighted by molar-refractivity contribution is 5.39. The largest absolute Gasteiger partial charge is 0.429 e. The third kappa shape index (κ3) is 7.78. The zero-order chi connectivity index (χ0) is 32.6. The first-order valence-corrected chi connectivity index (χ1v) is 15.2. The predicted octanol–water partition coefficient (Wildman–Crippen LogP) is 8.85. The summed E-state index contributed by atoms with van der Waals surface area (Å²) in [6.45, 7) is 11.2. The van der Waals surface area contributed by atoms with Crippen molar-refractivity contribution in [1.29, 1.82) is 0 Å². The Balaban J connectivity index is 1.93. The van der Waals surface area contributed by atoms with E-state index in [9.17, 15) is 46.1 Å². The molecule has 10 heteroatoms. The van der Waals surface area contributed by atoms with Crippen molar-refractivity contribution in [1.82, 2.24) is 0 Å². The van der Waals surface area contributed by atoms with E-state index in [1.807, 2.05) is 19.1 Å². The van der Waals surface area contributed by atoms with Crippen molar-refractivity contribution in [3.8, 4) is 0 Å². The first kappa shape index (κ1) is 35.8. The lowest BCUT2D eigenvalue weighted by Gasteiger charge is -2.49. The van der Waals surface area contributed by atoms with Gasteiger partial charge in [0.25, 0.3) is 5.60 Å². The van der Waals surface area contributed by atoms with E-state index in [0.717, 1.165) is 38.2 Å². The van der Waals surface area contributed by atoms with Crippen molar-refractivity contribution in [3.63, 3.8) is 0 Å². The molecule has 43 heavy (non-hydrogen) atoms. The quantitative estimate of drug-likeness (QED) is 0.177. The fourth-order valence-corrected chi connectivity index (χ4v) is 8.01. The van der Waals surface area contributed by atoms with Gasteiger partial charge >= 0.3 is 12.4 Å². The van der Waals surface area contributed by atoms with Crippen molar-refractivity contribution >= 4 is 0 Å². The molecule has 0 aromatic carbocycles. The molecule has 3 saturated carbocycles. The number of rotatable bonds is 9. The molecule has 3 aliphatic carbocycles. The summed E-state index contributed by atoms with van der Waals surface area (Å²) in [5.41, 5.74) is -4.69. The van der Waals surface area contributed by atoms with Gasteiger partial charge in [0.2, 0.25) is 0 Å². The molecule has 3 N–H and O–H groups in total. The van der Waals surface area contributed by atoms with Crippen LogP contribution in [0.25, 0.3) is 0 Å². The maximum absolute atomic E-state index is 14.3. The highest BCUT2D eigenvalue weighted by Gasteiger charge is 2.69. The Kier molecular flexibility index (Phi) is 10.5. The molecule has 1 unspecified atom stereocenters. The molecule has 0 aromatic heterocycles. The summed E-state index contributed by atoms with van der Waals surface area (Å²) in [5.74, 6) is 0.0882. The normalized spacial score (nSPS) is 32.9. The summed E-state index contributed by atoms with van der Waals surface area (Å²) >= 11 is 0. The molecular weight excluding hydrogens is 577 g/mol. The predicted molar refractivity (Wildman–Crippen MR) is 153 cm³/mol. The van der Waals surface area contributed by atoms with Gasteiger partial charge in [0.15, 0.2) is 0 Å². The van der Waals surface area contributed by atoms with Crippen LogP contribution in [0.1, 0.15) is 98.3 Å². The van der Waals surface area contributed by atoms with Crippen molar-refractivity contribution in [3.05, 3.63) is 47.6 Å². The number of hydrogen-bond acceptors (Lipinski definition) is 3. The van der Waals surface area contributed by atoms with Crippen LogP contribution in [0.2, 0.25) is 0 Å². The van der Waals surface area contributed by atoms with Gasteiger partial charge in [-0.15, -0.1) is 0 Å². The Hall–Kier alpha value is -1.65. The van der Waals surface area contributed by atoms with E-state index < -0.39 is 41.2 Å². The number of alkyl halides is 7. The number of hydrogen-bond donors (Lipinski definition) is 3. The summed E-state index contributed by atoms with van der Waals surface area (Å²) in [7, 11) is 0. The summed E-state index contributed by atoms with van der Waals surface area (Å²) < 4.78 is 94.4. The molecule has 0 aliphatic heterocycles. The number of aliphatic hydroxyl groups excluding tert-OH is 1. The number of fused-ring (bicyclic) bond motifs is 1. The van der Waals surface area contributed by atoms with Crippen LogP contribution < -0.4 is 0 Å². The maximum Gasteiger partial charge on any atom is 0.429 e. The molecule has 0 aromatic rings. The highest BCUT2D eigenvalue weighted by atomic mass is 19.4. The fourth-order valence-electron chi connectivity index (χ4n) is 8.01. The average molecular weight is 625 g/mol. The van der Waals surface area contributed by atoms with Gasteiger partial charge in [0.1, 0.15) is 6.17 Å². The second-order valence-electron chi connectivity index (χ2n) is 14.3. The number of aliphatic hydroxyl groups is 3. The summed E-state index contributed by atoms with van der Waals surface area (Å²) in [6, 6.07) is 0. The Morgan fingerprint density at radius 1 is 0.977 bits per heavy atom. The van der Waals surface area contributed by atoms with E-state index in [4.69, 9.17) is 0 Å². The third-order valence-electron chi connectivity index (χ3n) is 10.4. The SMILES string of the molecule is C=C1C(=CC=C2CCC[C@@]3(C)C2CC[C@@H]3[C@@](C)(CC=CC(O)(C(F)(F)F)C(F)(F)F)CCCC(C)(C)O)C[C@@H](O)C[C@@H]1F. The van der Waals surface area contributed by atoms with Crippen LogP contribution in [0, 0.1) is 22.7 Å². The Bertz CT molecular complexity index is 1080. The lowest BCUT2D eigenvalue weighted by molar-refractivity contribution is -0.347. The van der Waals surface area contributed by atoms with E-state index in [-0.39, 0.29) is 36.2 Å². The first-order chi connectivity index (χ1) is 19.5. The molecule has 3 fully saturated rings. The molecule has 3 aliphatic rings. The van der Waals surface area contributed by atoms with E-state index in [1.54, 1.807) is 13.8 Å². The van der Waals surface area contributed by atoms with Gasteiger partial charge in [-0.25, -0.2) is 4.39 Å². The first-order valence-electron chi connectivity index (χ1n) is 15.2. The second-order valence-corrected chi connectivity index (χ2v) is 14.3. The highest BCUT2D eigenvalue weighted by Crippen LogP contribution is 2.64. The van der Waals surface area contributed by atoms with E-state index in [2.05, 4.69) is 13.5 Å². The Morgan fingerprint density at radius 3 is 2.19 bits per heavy atom. The zero-order valence-corrected chi connectivity index (χ0v) is 25.6. The lowest BCUT2D eigenvalue weighted by atomic mass is 9.55. The Morgan fingerprint density at radius 2 is 1.60 bits per heavy atom. The van der Waals surface area contributed by atoms with Gasteiger partial charge < -0.3 is 15.3 Å². The molecule has 3 nitrogen and oxygen atoms in total. The van der Waals surface area contributed by atoms with E-state index in [0.29, 0.717) is 36.8 Å². The fraction of sp³-hybridized carbons (Fsp3) is 0.758. The van der Waals surface area contributed by atoms with Crippen LogP contribution in [0.5, 0.6) is 0 Å². The average Bonchev–Trinajstić information content (AvgIpc) is 3.21. The molecular formula is C33H47F7O3. The van der Waals surface area contributed by atoms with E-state index in [1.165, 1.54) is 5.57 Å². The van der Waals surface area contributed by atoms with E-state index >= 15 is 0 Å². The van der Waals surface area contributed by atoms with Crippen molar-refractivity contribution in [2.75, 3.05) is 0 Å². The van der Waals surface area contributed by atoms with Gasteiger partial charge in [-0.05, 0) is 112 Å². The van der Waals surface area contributed by atoms with Crippen LogP contribution in [-0.4, -0.2) is 51.1 Å². The minimum absolute atomic E-state index is 0.0267. The minimum atomic E-state index is -5.93. The molecule has 0 saturated heterocycles. The summed E-state index contributed by atoms with van der Waals surface area (Å²) in [4.78, 5) is 0. The lowest BCUT2D eigenvalue weighted by Crippen LogP contribution is -2.55. The molecule has 0 bridgehead atoms. The Labute approximate surface area is 250 Å². The smallest absolute Gasteiger partial charge is 0.393 e. The standard InChI is InChI=1S/C33H47F7O3/c1-21-23(19-24(41)20-26(21)34)11-10-22-9-6-17-30(5)25(22)12-13-27(30)29(4,15-7-14-28(2,3)42)16-8-18-31(43,32(35,36)37)33(38,39)40/h8,10-11,18,24-27,41-43H,1,6-7,9,12-17,19-20H2,2-5H3/t24-,25?,26+,27-,29-,30+/m1/s1. The van der Waals surface area contributed by atoms with Crippen LogP contribution in [-0.2, 0) is 0 Å². The summed E-state index contributed by atoms with van der Waals surface area (Å²) in [6.07, 6.45) is -3.71. The van der Waals surface area contributed by atoms with Gasteiger partial charge in [0, 0.05) is 6.42 Å².